The van der Waals surface area contributed by atoms with Crippen LogP contribution < -0.4 is 0 Å². The van der Waals surface area contributed by atoms with Gasteiger partial charge in [0, 0.05) is 23.7 Å². The molecule has 2 heterocycles. The summed E-state index contributed by atoms with van der Waals surface area (Å²) in [6.07, 6.45) is 5.35. The highest BCUT2D eigenvalue weighted by atomic mass is 35.5. The third-order valence-electron chi connectivity index (χ3n) is 3.24. The minimum atomic E-state index is -0.0657. The van der Waals surface area contributed by atoms with Crippen molar-refractivity contribution in [2.75, 3.05) is 6.54 Å². The summed E-state index contributed by atoms with van der Waals surface area (Å²) in [6, 6.07) is 6.92. The molecule has 0 aliphatic carbocycles. The molecule has 1 aliphatic rings. The van der Waals surface area contributed by atoms with Crippen molar-refractivity contribution in [3.63, 3.8) is 0 Å². The Labute approximate surface area is 121 Å². The van der Waals surface area contributed by atoms with Crippen LogP contribution in [0.3, 0.4) is 0 Å². The quantitative estimate of drug-likeness (QED) is 0.748. The van der Waals surface area contributed by atoms with Crippen molar-refractivity contribution in [2.24, 2.45) is 0 Å². The molecule has 20 heavy (non-hydrogen) atoms. The second-order valence-corrected chi connectivity index (χ2v) is 4.91. The van der Waals surface area contributed by atoms with Crippen LogP contribution in [0.2, 0.25) is 5.02 Å². The lowest BCUT2D eigenvalue weighted by molar-refractivity contribution is 0.0707. The van der Waals surface area contributed by atoms with Crippen molar-refractivity contribution >= 4 is 17.5 Å². The van der Waals surface area contributed by atoms with Gasteiger partial charge in [-0.15, -0.1) is 16.6 Å². The Kier molecular flexibility index (Phi) is 3.17. The molecule has 1 amide bonds. The number of halogens is 1. The van der Waals surface area contributed by atoms with Crippen LogP contribution >= 0.6 is 11.6 Å². The van der Waals surface area contributed by atoms with Crippen molar-refractivity contribution < 1.29 is 4.79 Å². The van der Waals surface area contributed by atoms with E-state index in [0.29, 0.717) is 41.9 Å². The highest BCUT2D eigenvalue weighted by Crippen LogP contribution is 2.17. The van der Waals surface area contributed by atoms with Gasteiger partial charge in [0.1, 0.15) is 0 Å². The zero-order valence-electron chi connectivity index (χ0n) is 10.6. The van der Waals surface area contributed by atoms with E-state index in [-0.39, 0.29) is 5.91 Å². The predicted molar refractivity (Wildman–Crippen MR) is 74.1 cm³/mol. The SMILES string of the molecule is C#Cc1nnc2n1CCN(C(=O)c1cccc(Cl)c1)C2. The lowest BCUT2D eigenvalue weighted by atomic mass is 10.2. The highest BCUT2D eigenvalue weighted by molar-refractivity contribution is 6.30. The fraction of sp³-hybridized carbons (Fsp3) is 0.214. The summed E-state index contributed by atoms with van der Waals surface area (Å²) in [5, 5.41) is 8.48. The topological polar surface area (TPSA) is 51.0 Å². The average Bonchev–Trinajstić information content (AvgIpc) is 2.88. The van der Waals surface area contributed by atoms with Gasteiger partial charge in [0.25, 0.3) is 5.91 Å². The van der Waals surface area contributed by atoms with Gasteiger partial charge in [0.2, 0.25) is 5.82 Å². The average molecular weight is 287 g/mol. The Hall–Kier alpha value is -2.32. The van der Waals surface area contributed by atoms with Crippen molar-refractivity contribution in [1.82, 2.24) is 19.7 Å². The van der Waals surface area contributed by atoms with Gasteiger partial charge < -0.3 is 9.47 Å². The summed E-state index contributed by atoms with van der Waals surface area (Å²) < 4.78 is 1.86. The summed E-state index contributed by atoms with van der Waals surface area (Å²) in [4.78, 5) is 14.1. The maximum Gasteiger partial charge on any atom is 0.254 e. The number of amides is 1. The number of nitrogens with zero attached hydrogens (tertiary/aromatic N) is 4. The zero-order valence-corrected chi connectivity index (χ0v) is 11.3. The molecule has 0 radical (unpaired) electrons. The van der Waals surface area contributed by atoms with Crippen molar-refractivity contribution in [3.8, 4) is 12.3 Å². The fourth-order valence-electron chi connectivity index (χ4n) is 2.24. The Morgan fingerprint density at radius 1 is 1.35 bits per heavy atom. The number of aromatic nitrogens is 3. The van der Waals surface area contributed by atoms with Gasteiger partial charge in [-0.05, 0) is 24.1 Å². The van der Waals surface area contributed by atoms with E-state index in [1.807, 2.05) is 4.57 Å². The molecule has 0 N–H and O–H groups in total. The Balaban J connectivity index is 1.84. The third kappa shape index (κ3) is 2.15. The fourth-order valence-corrected chi connectivity index (χ4v) is 2.43. The number of hydrogen-bond donors (Lipinski definition) is 0. The molecule has 0 bridgehead atoms. The summed E-state index contributed by atoms with van der Waals surface area (Å²) in [5.74, 6) is 3.64. The number of fused-ring (bicyclic) bond motifs is 1. The molecular weight excluding hydrogens is 276 g/mol. The lowest BCUT2D eigenvalue weighted by Crippen LogP contribution is -2.38. The molecule has 0 saturated carbocycles. The Morgan fingerprint density at radius 3 is 2.95 bits per heavy atom. The zero-order chi connectivity index (χ0) is 14.1. The van der Waals surface area contributed by atoms with Gasteiger partial charge in [-0.3, -0.25) is 4.79 Å². The second-order valence-electron chi connectivity index (χ2n) is 4.47. The molecule has 0 saturated heterocycles. The van der Waals surface area contributed by atoms with E-state index in [0.717, 1.165) is 0 Å². The number of benzene rings is 1. The molecule has 5 nitrogen and oxygen atoms in total. The molecule has 0 spiro atoms. The third-order valence-corrected chi connectivity index (χ3v) is 3.48. The first-order chi connectivity index (χ1) is 9.69. The molecule has 0 atom stereocenters. The molecule has 1 aromatic carbocycles. The first kappa shape index (κ1) is 12.7. The van der Waals surface area contributed by atoms with Crippen LogP contribution in [0.25, 0.3) is 0 Å². The number of hydrogen-bond acceptors (Lipinski definition) is 3. The first-order valence-electron chi connectivity index (χ1n) is 6.12. The summed E-state index contributed by atoms with van der Waals surface area (Å²) in [5.41, 5.74) is 0.572. The van der Waals surface area contributed by atoms with Crippen LogP contribution in [0.1, 0.15) is 22.0 Å². The first-order valence-corrected chi connectivity index (χ1v) is 6.50. The van der Waals surface area contributed by atoms with Gasteiger partial charge in [-0.2, -0.15) is 0 Å². The standard InChI is InChI=1S/C14H11ClN4O/c1-2-12-16-17-13-9-18(6-7-19(12)13)14(20)10-4-3-5-11(15)8-10/h1,3-5,8H,6-7,9H2. The van der Waals surface area contributed by atoms with Crippen LogP contribution in [-0.4, -0.2) is 32.1 Å². The monoisotopic (exact) mass is 286 g/mol. The number of carbonyl (C=O) groups is 1. The molecule has 2 aromatic rings. The smallest absolute Gasteiger partial charge is 0.254 e. The molecule has 100 valence electrons. The van der Waals surface area contributed by atoms with E-state index in [4.69, 9.17) is 18.0 Å². The number of rotatable bonds is 1. The molecular formula is C14H11ClN4O. The highest BCUT2D eigenvalue weighted by Gasteiger charge is 2.24. The van der Waals surface area contributed by atoms with Crippen LogP contribution in [0, 0.1) is 12.3 Å². The van der Waals surface area contributed by atoms with E-state index < -0.39 is 0 Å². The lowest BCUT2D eigenvalue weighted by Gasteiger charge is -2.27. The van der Waals surface area contributed by atoms with Gasteiger partial charge in [0.15, 0.2) is 5.82 Å². The van der Waals surface area contributed by atoms with E-state index in [1.54, 1.807) is 29.2 Å². The van der Waals surface area contributed by atoms with Crippen LogP contribution in [-0.2, 0) is 13.1 Å². The minimum absolute atomic E-state index is 0.0657. The van der Waals surface area contributed by atoms with E-state index in [9.17, 15) is 4.79 Å². The van der Waals surface area contributed by atoms with Gasteiger partial charge in [0.05, 0.1) is 6.54 Å². The van der Waals surface area contributed by atoms with Gasteiger partial charge in [-0.25, -0.2) is 0 Å². The summed E-state index contributed by atoms with van der Waals surface area (Å²) in [6.45, 7) is 1.58. The maximum absolute atomic E-state index is 12.4. The number of terminal acetylenes is 1. The van der Waals surface area contributed by atoms with E-state index in [1.165, 1.54) is 0 Å². The van der Waals surface area contributed by atoms with E-state index in [2.05, 4.69) is 16.1 Å². The minimum Gasteiger partial charge on any atom is -0.329 e. The van der Waals surface area contributed by atoms with Crippen LogP contribution in [0.5, 0.6) is 0 Å². The molecule has 3 rings (SSSR count). The van der Waals surface area contributed by atoms with Crippen LogP contribution in [0.4, 0.5) is 0 Å². The molecule has 1 aromatic heterocycles. The Bertz CT molecular complexity index is 716. The molecule has 1 aliphatic heterocycles. The molecule has 0 fully saturated rings. The summed E-state index contributed by atoms with van der Waals surface area (Å²) >= 11 is 5.91. The molecule has 6 heteroatoms. The maximum atomic E-state index is 12.4. The second kappa shape index (κ2) is 4.99. The van der Waals surface area contributed by atoms with Crippen molar-refractivity contribution in [1.29, 1.82) is 0 Å². The summed E-state index contributed by atoms with van der Waals surface area (Å²) in [7, 11) is 0. The van der Waals surface area contributed by atoms with Gasteiger partial charge in [-0.1, -0.05) is 17.7 Å². The van der Waals surface area contributed by atoms with E-state index >= 15 is 0 Å². The predicted octanol–water partition coefficient (Wildman–Crippen LogP) is 1.57. The number of carbonyl (C=O) groups excluding carboxylic acids is 1. The van der Waals surface area contributed by atoms with Crippen molar-refractivity contribution in [3.05, 3.63) is 46.5 Å². The largest absolute Gasteiger partial charge is 0.329 e. The van der Waals surface area contributed by atoms with Crippen molar-refractivity contribution in [2.45, 2.75) is 13.1 Å². The van der Waals surface area contributed by atoms with Crippen LogP contribution in [0.15, 0.2) is 24.3 Å². The normalized spacial score (nSPS) is 13.7. The Morgan fingerprint density at radius 2 is 2.20 bits per heavy atom. The van der Waals surface area contributed by atoms with Gasteiger partial charge >= 0.3 is 0 Å². The molecule has 0 unspecified atom stereocenters.